The summed E-state index contributed by atoms with van der Waals surface area (Å²) in [5, 5.41) is 10.2. The average Bonchev–Trinajstić information content (AvgIpc) is 3.37. The van der Waals surface area contributed by atoms with E-state index in [4.69, 9.17) is 4.98 Å². The predicted molar refractivity (Wildman–Crippen MR) is 117 cm³/mol. The van der Waals surface area contributed by atoms with Crippen molar-refractivity contribution in [1.82, 2.24) is 30.0 Å². The lowest BCUT2D eigenvalue weighted by Gasteiger charge is -2.24. The van der Waals surface area contributed by atoms with Crippen LogP contribution in [-0.4, -0.2) is 30.6 Å². The molecule has 1 amide bonds. The molecule has 7 heteroatoms. The molecule has 3 heterocycles. The Labute approximate surface area is 175 Å². The van der Waals surface area contributed by atoms with Crippen molar-refractivity contribution in [3.63, 3.8) is 0 Å². The van der Waals surface area contributed by atoms with Crippen LogP contribution in [0, 0.1) is 5.92 Å². The zero-order valence-corrected chi connectivity index (χ0v) is 17.6. The molecule has 30 heavy (non-hydrogen) atoms. The fraction of sp³-hybridized carbons (Fsp3) is 0.304. The van der Waals surface area contributed by atoms with Gasteiger partial charge in [-0.15, -0.1) is 0 Å². The molecule has 1 aromatic carbocycles. The summed E-state index contributed by atoms with van der Waals surface area (Å²) in [5.74, 6) is 0.797. The Kier molecular flexibility index (Phi) is 5.35. The largest absolute Gasteiger partial charge is 0.340 e. The number of nitrogens with zero attached hydrogens (tertiary/aromatic N) is 4. The van der Waals surface area contributed by atoms with Crippen molar-refractivity contribution in [3.05, 3.63) is 66.2 Å². The van der Waals surface area contributed by atoms with E-state index in [1.54, 1.807) is 12.3 Å². The maximum atomic E-state index is 13.0. The van der Waals surface area contributed by atoms with E-state index in [1.165, 1.54) is 0 Å². The molecule has 0 aliphatic heterocycles. The first-order chi connectivity index (χ1) is 14.5. The Morgan fingerprint density at radius 1 is 1.03 bits per heavy atom. The predicted octanol–water partition coefficient (Wildman–Crippen LogP) is 4.53. The zero-order valence-electron chi connectivity index (χ0n) is 17.6. The molecule has 0 fully saturated rings. The van der Waals surface area contributed by atoms with E-state index in [-0.39, 0.29) is 23.9 Å². The number of nitrogens with one attached hydrogen (secondary N) is 2. The van der Waals surface area contributed by atoms with Crippen LogP contribution in [0.1, 0.15) is 56.1 Å². The Morgan fingerprint density at radius 2 is 1.80 bits per heavy atom. The van der Waals surface area contributed by atoms with Crippen LogP contribution >= 0.6 is 0 Å². The standard InChI is InChI=1S/C23H26N6O/c1-14(2)21(22-25-17-10-5-6-11-20(17)29(22)15(3)4)26-23(30)19-13-18(27-28-19)16-9-7-8-12-24-16/h5-15,21H,1-4H3,(H,26,30)(H,27,28). The van der Waals surface area contributed by atoms with Crippen molar-refractivity contribution in [2.24, 2.45) is 5.92 Å². The highest BCUT2D eigenvalue weighted by molar-refractivity contribution is 5.93. The highest BCUT2D eigenvalue weighted by Gasteiger charge is 2.27. The SMILES string of the molecule is CC(C)C(NC(=O)c1cc(-c2ccccn2)n[nH]1)c1nc2ccccc2n1C(C)C. The van der Waals surface area contributed by atoms with Gasteiger partial charge in [0.15, 0.2) is 0 Å². The molecule has 4 rings (SSSR count). The number of fused-ring (bicyclic) bond motifs is 1. The number of hydrogen-bond donors (Lipinski definition) is 2. The summed E-state index contributed by atoms with van der Waals surface area (Å²) in [6.07, 6.45) is 1.70. The van der Waals surface area contributed by atoms with E-state index in [0.29, 0.717) is 11.4 Å². The van der Waals surface area contributed by atoms with Crippen LogP contribution < -0.4 is 5.32 Å². The molecule has 1 unspecified atom stereocenters. The number of aromatic nitrogens is 5. The second-order valence-electron chi connectivity index (χ2n) is 8.00. The van der Waals surface area contributed by atoms with Gasteiger partial charge in [-0.3, -0.25) is 14.9 Å². The molecule has 0 saturated heterocycles. The number of imidazole rings is 1. The summed E-state index contributed by atoms with van der Waals surface area (Å²) < 4.78 is 2.20. The van der Waals surface area contributed by atoms with Gasteiger partial charge in [0.1, 0.15) is 17.2 Å². The van der Waals surface area contributed by atoms with Crippen molar-refractivity contribution in [2.75, 3.05) is 0 Å². The topological polar surface area (TPSA) is 88.5 Å². The van der Waals surface area contributed by atoms with E-state index in [9.17, 15) is 4.79 Å². The van der Waals surface area contributed by atoms with Gasteiger partial charge < -0.3 is 9.88 Å². The normalized spacial score (nSPS) is 12.6. The highest BCUT2D eigenvalue weighted by Crippen LogP contribution is 2.29. The molecule has 0 spiro atoms. The number of pyridine rings is 1. The number of hydrogen-bond acceptors (Lipinski definition) is 4. The Hall–Kier alpha value is -3.48. The van der Waals surface area contributed by atoms with E-state index < -0.39 is 0 Å². The Bertz CT molecular complexity index is 1160. The molecule has 4 aromatic rings. The average molecular weight is 403 g/mol. The molecule has 2 N–H and O–H groups in total. The van der Waals surface area contributed by atoms with Gasteiger partial charge in [-0.1, -0.05) is 32.0 Å². The zero-order chi connectivity index (χ0) is 21.3. The fourth-order valence-electron chi connectivity index (χ4n) is 3.66. The minimum absolute atomic E-state index is 0.154. The third-order valence-electron chi connectivity index (χ3n) is 5.12. The number of carbonyl (C=O) groups excluding carboxylic acids is 1. The van der Waals surface area contributed by atoms with Crippen LogP contribution in [0.25, 0.3) is 22.4 Å². The minimum atomic E-state index is -0.242. The van der Waals surface area contributed by atoms with Crippen molar-refractivity contribution < 1.29 is 4.79 Å². The highest BCUT2D eigenvalue weighted by atomic mass is 16.2. The van der Waals surface area contributed by atoms with Gasteiger partial charge in [0.2, 0.25) is 0 Å². The van der Waals surface area contributed by atoms with E-state index in [0.717, 1.165) is 22.6 Å². The number of carbonyl (C=O) groups is 1. The monoisotopic (exact) mass is 402 g/mol. The molecule has 0 radical (unpaired) electrons. The summed E-state index contributed by atoms with van der Waals surface area (Å²) in [5.41, 5.74) is 3.75. The summed E-state index contributed by atoms with van der Waals surface area (Å²) in [7, 11) is 0. The number of para-hydroxylation sites is 2. The maximum absolute atomic E-state index is 13.0. The van der Waals surface area contributed by atoms with Crippen molar-refractivity contribution >= 4 is 16.9 Å². The maximum Gasteiger partial charge on any atom is 0.269 e. The molecule has 1 atom stereocenters. The van der Waals surface area contributed by atoms with Crippen LogP contribution in [0.4, 0.5) is 0 Å². The lowest BCUT2D eigenvalue weighted by molar-refractivity contribution is 0.0916. The summed E-state index contributed by atoms with van der Waals surface area (Å²) in [4.78, 5) is 22.2. The van der Waals surface area contributed by atoms with Crippen LogP contribution in [0.5, 0.6) is 0 Å². The number of amides is 1. The smallest absolute Gasteiger partial charge is 0.269 e. The van der Waals surface area contributed by atoms with Gasteiger partial charge >= 0.3 is 0 Å². The quantitative estimate of drug-likeness (QED) is 0.496. The van der Waals surface area contributed by atoms with E-state index in [2.05, 4.69) is 58.8 Å². The molecule has 0 aliphatic rings. The third kappa shape index (κ3) is 3.70. The van der Waals surface area contributed by atoms with Gasteiger partial charge in [-0.2, -0.15) is 5.10 Å². The second-order valence-corrected chi connectivity index (χ2v) is 8.00. The number of rotatable bonds is 6. The molecule has 7 nitrogen and oxygen atoms in total. The van der Waals surface area contributed by atoms with Crippen molar-refractivity contribution in [2.45, 2.75) is 39.8 Å². The Morgan fingerprint density at radius 3 is 2.50 bits per heavy atom. The number of benzene rings is 1. The molecular weight excluding hydrogens is 376 g/mol. The van der Waals surface area contributed by atoms with Gasteiger partial charge in [0.05, 0.1) is 22.8 Å². The van der Waals surface area contributed by atoms with Gasteiger partial charge in [-0.05, 0) is 50.1 Å². The molecule has 0 aliphatic carbocycles. The molecule has 0 bridgehead atoms. The minimum Gasteiger partial charge on any atom is -0.340 e. The van der Waals surface area contributed by atoms with Crippen LogP contribution in [0.3, 0.4) is 0 Å². The first-order valence-electron chi connectivity index (χ1n) is 10.2. The van der Waals surface area contributed by atoms with E-state index in [1.807, 2.05) is 36.4 Å². The number of aromatic amines is 1. The lowest BCUT2D eigenvalue weighted by Crippen LogP contribution is -2.34. The second kappa shape index (κ2) is 8.10. The molecule has 0 saturated carbocycles. The van der Waals surface area contributed by atoms with Crippen molar-refractivity contribution in [1.29, 1.82) is 0 Å². The van der Waals surface area contributed by atoms with Crippen molar-refractivity contribution in [3.8, 4) is 11.4 Å². The van der Waals surface area contributed by atoms with Crippen LogP contribution in [0.2, 0.25) is 0 Å². The summed E-state index contributed by atoms with van der Waals surface area (Å²) >= 11 is 0. The summed E-state index contributed by atoms with van der Waals surface area (Å²) in [6, 6.07) is 15.4. The van der Waals surface area contributed by atoms with E-state index >= 15 is 0 Å². The molecular formula is C23H26N6O. The number of H-pyrrole nitrogens is 1. The first kappa shape index (κ1) is 19.8. The van der Waals surface area contributed by atoms with Gasteiger partial charge in [-0.25, -0.2) is 4.98 Å². The van der Waals surface area contributed by atoms with Crippen LogP contribution in [-0.2, 0) is 0 Å². The molecule has 154 valence electrons. The van der Waals surface area contributed by atoms with Gasteiger partial charge in [0, 0.05) is 12.2 Å². The van der Waals surface area contributed by atoms with Crippen LogP contribution in [0.15, 0.2) is 54.7 Å². The summed E-state index contributed by atoms with van der Waals surface area (Å²) in [6.45, 7) is 8.43. The lowest BCUT2D eigenvalue weighted by atomic mass is 10.0. The third-order valence-corrected chi connectivity index (χ3v) is 5.12. The first-order valence-corrected chi connectivity index (χ1v) is 10.2. The fourth-order valence-corrected chi connectivity index (χ4v) is 3.66. The van der Waals surface area contributed by atoms with Gasteiger partial charge in [0.25, 0.3) is 5.91 Å². The molecule has 3 aromatic heterocycles. The Balaban J connectivity index is 1.65.